The molecule has 2 amide bonds. The Morgan fingerprint density at radius 3 is 2.70 bits per heavy atom. The third-order valence-electron chi connectivity index (χ3n) is 4.90. The third kappa shape index (κ3) is 3.01. The number of urea groups is 1. The summed E-state index contributed by atoms with van der Waals surface area (Å²) in [5, 5.41) is 10.7. The van der Waals surface area contributed by atoms with Gasteiger partial charge in [-0.15, -0.1) is 0 Å². The molecule has 1 aliphatic heterocycles. The Hall–Kier alpha value is -2.15. The molecule has 3 heterocycles. The number of aromatic nitrogens is 3. The first kappa shape index (κ1) is 14.4. The molecule has 0 spiro atoms. The lowest BCUT2D eigenvalue weighted by Gasteiger charge is -2.37. The van der Waals surface area contributed by atoms with E-state index in [2.05, 4.69) is 20.7 Å². The summed E-state index contributed by atoms with van der Waals surface area (Å²) in [6.07, 6.45) is 9.33. The van der Waals surface area contributed by atoms with Crippen LogP contribution in [0.25, 0.3) is 5.65 Å². The van der Waals surface area contributed by atoms with Crippen LogP contribution in [0.2, 0.25) is 0 Å². The summed E-state index contributed by atoms with van der Waals surface area (Å²) < 4.78 is 1.66. The predicted molar refractivity (Wildman–Crippen MR) is 87.4 cm³/mol. The lowest BCUT2D eigenvalue weighted by Crippen LogP contribution is -2.50. The number of likely N-dealkylation sites (tertiary alicyclic amines) is 1. The first-order valence-corrected chi connectivity index (χ1v) is 8.40. The molecule has 1 saturated carbocycles. The molecule has 0 aromatic carbocycles. The minimum absolute atomic E-state index is 0.0526. The summed E-state index contributed by atoms with van der Waals surface area (Å²) in [4.78, 5) is 18.5. The molecule has 7 nitrogen and oxygen atoms in total. The minimum Gasteiger partial charge on any atom is -0.324 e. The second kappa shape index (κ2) is 6.16. The molecule has 1 aliphatic carbocycles. The molecule has 1 saturated heterocycles. The number of hydrogen-bond donors (Lipinski definition) is 2. The lowest BCUT2D eigenvalue weighted by molar-refractivity contribution is 0.179. The van der Waals surface area contributed by atoms with Crippen molar-refractivity contribution >= 4 is 17.4 Å². The number of anilines is 1. The Balaban J connectivity index is 1.34. The average molecular weight is 314 g/mol. The summed E-state index contributed by atoms with van der Waals surface area (Å²) in [5.74, 6) is 0. The van der Waals surface area contributed by atoms with Gasteiger partial charge < -0.3 is 15.5 Å². The number of hydrogen-bond acceptors (Lipinski definition) is 4. The maximum atomic E-state index is 12.5. The first-order chi connectivity index (χ1) is 11.3. The fourth-order valence-corrected chi connectivity index (χ4v) is 3.30. The molecule has 2 aliphatic rings. The number of piperidine rings is 1. The topological polar surface area (TPSA) is 74.6 Å². The van der Waals surface area contributed by atoms with Crippen molar-refractivity contribution in [2.24, 2.45) is 0 Å². The van der Waals surface area contributed by atoms with Gasteiger partial charge in [-0.05, 0) is 37.8 Å². The van der Waals surface area contributed by atoms with Gasteiger partial charge in [0.15, 0.2) is 5.65 Å². The van der Waals surface area contributed by atoms with Crippen LogP contribution in [0, 0.1) is 0 Å². The summed E-state index contributed by atoms with van der Waals surface area (Å²) in [6, 6.07) is 4.93. The van der Waals surface area contributed by atoms with Gasteiger partial charge >= 0.3 is 6.03 Å². The number of nitrogens with zero attached hydrogens (tertiary/aromatic N) is 4. The number of fused-ring (bicyclic) bond motifs is 1. The van der Waals surface area contributed by atoms with E-state index in [-0.39, 0.29) is 6.03 Å². The van der Waals surface area contributed by atoms with Gasteiger partial charge in [0.05, 0.1) is 5.69 Å². The van der Waals surface area contributed by atoms with E-state index >= 15 is 0 Å². The number of carbonyl (C=O) groups is 1. The van der Waals surface area contributed by atoms with Gasteiger partial charge in [-0.25, -0.2) is 14.3 Å². The Morgan fingerprint density at radius 1 is 1.17 bits per heavy atom. The van der Waals surface area contributed by atoms with Crippen LogP contribution in [0.5, 0.6) is 0 Å². The zero-order chi connectivity index (χ0) is 15.6. The fraction of sp³-hybridized carbons (Fsp3) is 0.562. The van der Waals surface area contributed by atoms with Crippen LogP contribution in [0.4, 0.5) is 10.5 Å². The lowest BCUT2D eigenvalue weighted by atomic mass is 9.91. The van der Waals surface area contributed by atoms with E-state index in [1.54, 1.807) is 4.52 Å². The van der Waals surface area contributed by atoms with E-state index in [1.165, 1.54) is 25.6 Å². The van der Waals surface area contributed by atoms with Crippen LogP contribution >= 0.6 is 0 Å². The van der Waals surface area contributed by atoms with Crippen molar-refractivity contribution in [3.63, 3.8) is 0 Å². The van der Waals surface area contributed by atoms with E-state index in [0.29, 0.717) is 23.4 Å². The molecule has 0 radical (unpaired) electrons. The predicted octanol–water partition coefficient (Wildman–Crippen LogP) is 1.87. The molecule has 0 atom stereocenters. The van der Waals surface area contributed by atoms with Gasteiger partial charge in [0, 0.05) is 31.4 Å². The molecule has 2 fully saturated rings. The maximum absolute atomic E-state index is 12.5. The number of amides is 2. The largest absolute Gasteiger partial charge is 0.324 e. The molecular formula is C16H22N6O. The molecular weight excluding hydrogens is 292 g/mol. The van der Waals surface area contributed by atoms with Gasteiger partial charge in [-0.2, -0.15) is 5.10 Å². The average Bonchev–Trinajstić information content (AvgIpc) is 3.01. The number of nitrogens with one attached hydrogen (secondary N) is 2. The summed E-state index contributed by atoms with van der Waals surface area (Å²) >= 11 is 0. The molecule has 2 N–H and O–H groups in total. The highest BCUT2D eigenvalue weighted by Gasteiger charge is 2.26. The Kier molecular flexibility index (Phi) is 3.87. The molecule has 0 bridgehead atoms. The van der Waals surface area contributed by atoms with Crippen LogP contribution in [-0.2, 0) is 0 Å². The van der Waals surface area contributed by atoms with E-state index in [9.17, 15) is 4.79 Å². The summed E-state index contributed by atoms with van der Waals surface area (Å²) in [6.45, 7) is 1.60. The van der Waals surface area contributed by atoms with Gasteiger partial charge in [-0.1, -0.05) is 6.42 Å². The summed E-state index contributed by atoms with van der Waals surface area (Å²) in [5.41, 5.74) is 1.37. The van der Waals surface area contributed by atoms with E-state index in [1.807, 2.05) is 23.2 Å². The molecule has 7 heteroatoms. The van der Waals surface area contributed by atoms with Crippen LogP contribution in [0.15, 0.2) is 24.7 Å². The normalized spacial score (nSPS) is 19.7. The van der Waals surface area contributed by atoms with Crippen molar-refractivity contribution in [2.75, 3.05) is 18.4 Å². The summed E-state index contributed by atoms with van der Waals surface area (Å²) in [7, 11) is 0. The molecule has 2 aromatic heterocycles. The SMILES string of the molecule is O=C(Nc1cccn2ncnc12)N1CCC(NC2CCC2)CC1. The minimum atomic E-state index is -0.0526. The molecule has 122 valence electrons. The number of carbonyl (C=O) groups excluding carboxylic acids is 1. The van der Waals surface area contributed by atoms with E-state index in [4.69, 9.17) is 0 Å². The van der Waals surface area contributed by atoms with Crippen molar-refractivity contribution in [3.8, 4) is 0 Å². The van der Waals surface area contributed by atoms with Crippen molar-refractivity contribution in [1.82, 2.24) is 24.8 Å². The molecule has 2 aromatic rings. The Labute approximate surface area is 135 Å². The van der Waals surface area contributed by atoms with Crippen LogP contribution in [0.3, 0.4) is 0 Å². The van der Waals surface area contributed by atoms with Crippen molar-refractivity contribution in [1.29, 1.82) is 0 Å². The zero-order valence-electron chi connectivity index (χ0n) is 13.1. The molecule has 0 unspecified atom stereocenters. The Bertz CT molecular complexity index is 687. The molecule has 23 heavy (non-hydrogen) atoms. The second-order valence-electron chi connectivity index (χ2n) is 6.44. The van der Waals surface area contributed by atoms with Gasteiger partial charge in [-0.3, -0.25) is 0 Å². The van der Waals surface area contributed by atoms with Gasteiger partial charge in [0.1, 0.15) is 6.33 Å². The third-order valence-corrected chi connectivity index (χ3v) is 4.90. The first-order valence-electron chi connectivity index (χ1n) is 8.40. The zero-order valence-corrected chi connectivity index (χ0v) is 13.1. The smallest absolute Gasteiger partial charge is 0.321 e. The maximum Gasteiger partial charge on any atom is 0.321 e. The van der Waals surface area contributed by atoms with E-state index in [0.717, 1.165) is 25.9 Å². The number of pyridine rings is 1. The highest BCUT2D eigenvalue weighted by Crippen LogP contribution is 2.22. The fourth-order valence-electron chi connectivity index (χ4n) is 3.30. The van der Waals surface area contributed by atoms with Crippen LogP contribution in [-0.4, -0.2) is 50.7 Å². The standard InChI is InChI=1S/C16H22N6O/c23-16(20-14-5-2-8-22-15(14)17-11-18-22)21-9-6-13(7-10-21)19-12-3-1-4-12/h2,5,8,11-13,19H,1,3-4,6-7,9-10H2,(H,20,23). The van der Waals surface area contributed by atoms with Gasteiger partial charge in [0.2, 0.25) is 0 Å². The van der Waals surface area contributed by atoms with Gasteiger partial charge in [0.25, 0.3) is 0 Å². The van der Waals surface area contributed by atoms with Crippen molar-refractivity contribution in [2.45, 2.75) is 44.2 Å². The molecule has 4 rings (SSSR count). The number of rotatable bonds is 3. The van der Waals surface area contributed by atoms with Crippen LogP contribution < -0.4 is 10.6 Å². The van der Waals surface area contributed by atoms with Crippen LogP contribution in [0.1, 0.15) is 32.1 Å². The Morgan fingerprint density at radius 2 is 1.96 bits per heavy atom. The second-order valence-corrected chi connectivity index (χ2v) is 6.44. The van der Waals surface area contributed by atoms with Crippen molar-refractivity contribution in [3.05, 3.63) is 24.7 Å². The highest BCUT2D eigenvalue weighted by atomic mass is 16.2. The van der Waals surface area contributed by atoms with E-state index < -0.39 is 0 Å². The quantitative estimate of drug-likeness (QED) is 0.907. The monoisotopic (exact) mass is 314 g/mol. The van der Waals surface area contributed by atoms with Crippen molar-refractivity contribution < 1.29 is 4.79 Å². The highest BCUT2D eigenvalue weighted by molar-refractivity contribution is 5.93.